The number of carbonyl (C=O) groups excluding carboxylic acids is 1. The molecule has 0 saturated heterocycles. The quantitative estimate of drug-likeness (QED) is 0.517. The molecule has 0 spiro atoms. The van der Waals surface area contributed by atoms with Crippen LogP contribution < -0.4 is 5.32 Å². The van der Waals surface area contributed by atoms with Crippen molar-refractivity contribution in [1.29, 1.82) is 0 Å². The van der Waals surface area contributed by atoms with Gasteiger partial charge in [0.25, 0.3) is 5.91 Å². The number of oxime groups is 1. The third-order valence-electron chi connectivity index (χ3n) is 3.01. The van der Waals surface area contributed by atoms with Gasteiger partial charge in [0.05, 0.1) is 0 Å². The van der Waals surface area contributed by atoms with E-state index in [9.17, 15) is 4.79 Å². The molecule has 0 fully saturated rings. The van der Waals surface area contributed by atoms with Crippen molar-refractivity contribution in [2.75, 3.05) is 5.32 Å². The highest BCUT2D eigenvalue weighted by Crippen LogP contribution is 2.18. The lowest BCUT2D eigenvalue weighted by Gasteiger charge is -2.04. The second kappa shape index (κ2) is 5.83. The smallest absolute Gasteiger partial charge is 0.257 e. The zero-order chi connectivity index (χ0) is 14.7. The largest absolute Gasteiger partial charge is 0.411 e. The van der Waals surface area contributed by atoms with Crippen LogP contribution in [0.4, 0.5) is 5.13 Å². The second-order valence-corrected chi connectivity index (χ2v) is 5.33. The highest BCUT2D eigenvalue weighted by atomic mass is 32.1. The summed E-state index contributed by atoms with van der Waals surface area (Å²) in [4.78, 5) is 16.3. The third kappa shape index (κ3) is 3.03. The molecule has 1 aromatic carbocycles. The summed E-state index contributed by atoms with van der Waals surface area (Å²) in [5, 5.41) is 16.7. The maximum Gasteiger partial charge on any atom is 0.257 e. The van der Waals surface area contributed by atoms with Crippen molar-refractivity contribution < 1.29 is 10.0 Å². The van der Waals surface area contributed by atoms with E-state index in [2.05, 4.69) is 15.5 Å². The van der Waals surface area contributed by atoms with Crippen molar-refractivity contribution in [3.05, 3.63) is 46.0 Å². The van der Waals surface area contributed by atoms with Crippen LogP contribution in [0.1, 0.15) is 34.1 Å². The molecule has 104 valence electrons. The Morgan fingerprint density at radius 1 is 1.35 bits per heavy atom. The fraction of sp³-hybridized carbons (Fsp3) is 0.214. The van der Waals surface area contributed by atoms with Gasteiger partial charge in [0, 0.05) is 10.9 Å². The molecule has 0 aliphatic carbocycles. The van der Waals surface area contributed by atoms with E-state index in [4.69, 9.17) is 5.21 Å². The molecule has 1 amide bonds. The van der Waals surface area contributed by atoms with Crippen molar-refractivity contribution in [2.24, 2.45) is 5.16 Å². The van der Waals surface area contributed by atoms with Gasteiger partial charge in [0.15, 0.2) is 5.13 Å². The minimum atomic E-state index is -0.201. The number of aromatic nitrogens is 1. The van der Waals surface area contributed by atoms with E-state index in [1.165, 1.54) is 11.3 Å². The van der Waals surface area contributed by atoms with Gasteiger partial charge < -0.3 is 5.21 Å². The number of rotatable bonds is 3. The third-order valence-corrected chi connectivity index (χ3v) is 3.77. The summed E-state index contributed by atoms with van der Waals surface area (Å²) in [5.74, 6) is -0.201. The van der Waals surface area contributed by atoms with Crippen LogP contribution in [0, 0.1) is 13.8 Å². The van der Waals surface area contributed by atoms with Gasteiger partial charge in [-0.3, -0.25) is 10.1 Å². The van der Waals surface area contributed by atoms with Crippen LogP contribution in [0.15, 0.2) is 28.7 Å². The summed E-state index contributed by atoms with van der Waals surface area (Å²) in [6.45, 7) is 5.61. The van der Waals surface area contributed by atoms with Crippen molar-refractivity contribution >= 4 is 28.1 Å². The Morgan fingerprint density at radius 2 is 2.10 bits per heavy atom. The topological polar surface area (TPSA) is 74.6 Å². The molecule has 2 aromatic rings. The number of hydrogen-bond donors (Lipinski definition) is 2. The highest BCUT2D eigenvalue weighted by molar-refractivity contribution is 7.14. The maximum absolute atomic E-state index is 12.1. The molecule has 1 heterocycles. The van der Waals surface area contributed by atoms with Crippen molar-refractivity contribution in [3.63, 3.8) is 0 Å². The number of aryl methyl sites for hydroxylation is 2. The average molecular weight is 289 g/mol. The minimum Gasteiger partial charge on any atom is -0.411 e. The van der Waals surface area contributed by atoms with Crippen LogP contribution in [-0.4, -0.2) is 21.8 Å². The number of benzene rings is 1. The zero-order valence-electron chi connectivity index (χ0n) is 11.5. The molecule has 0 atom stereocenters. The Kier molecular flexibility index (Phi) is 4.14. The number of anilines is 1. The molecule has 5 nitrogen and oxygen atoms in total. The van der Waals surface area contributed by atoms with Gasteiger partial charge in [-0.25, -0.2) is 4.98 Å². The average Bonchev–Trinajstić information content (AvgIpc) is 2.89. The van der Waals surface area contributed by atoms with Crippen LogP contribution in [0.2, 0.25) is 0 Å². The number of amides is 1. The first-order valence-electron chi connectivity index (χ1n) is 6.04. The normalized spacial score (nSPS) is 11.4. The van der Waals surface area contributed by atoms with Crippen LogP contribution in [-0.2, 0) is 0 Å². The lowest BCUT2D eigenvalue weighted by Crippen LogP contribution is -2.12. The number of hydrogen-bond acceptors (Lipinski definition) is 5. The molecular weight excluding hydrogens is 274 g/mol. The molecule has 0 aliphatic heterocycles. The highest BCUT2D eigenvalue weighted by Gasteiger charge is 2.11. The predicted molar refractivity (Wildman–Crippen MR) is 80.0 cm³/mol. The molecule has 1 aromatic heterocycles. The van der Waals surface area contributed by atoms with Gasteiger partial charge in [-0.15, -0.1) is 11.3 Å². The number of carbonyl (C=O) groups is 1. The van der Waals surface area contributed by atoms with Gasteiger partial charge in [-0.05, 0) is 44.0 Å². The summed E-state index contributed by atoms with van der Waals surface area (Å²) < 4.78 is 0. The Balaban J connectivity index is 2.15. The Hall–Kier alpha value is -2.21. The van der Waals surface area contributed by atoms with E-state index < -0.39 is 0 Å². The summed E-state index contributed by atoms with van der Waals surface area (Å²) in [6.07, 6.45) is 0. The molecule has 0 bridgehead atoms. The monoisotopic (exact) mass is 289 g/mol. The van der Waals surface area contributed by atoms with Crippen molar-refractivity contribution in [2.45, 2.75) is 20.8 Å². The van der Waals surface area contributed by atoms with E-state index >= 15 is 0 Å². The maximum atomic E-state index is 12.1. The molecule has 0 unspecified atom stereocenters. The van der Waals surface area contributed by atoms with E-state index in [-0.39, 0.29) is 5.91 Å². The second-order valence-electron chi connectivity index (χ2n) is 4.48. The molecule has 6 heteroatoms. The molecule has 0 saturated carbocycles. The zero-order valence-corrected chi connectivity index (χ0v) is 12.3. The molecule has 0 aliphatic rings. The summed E-state index contributed by atoms with van der Waals surface area (Å²) in [7, 11) is 0. The van der Waals surface area contributed by atoms with Gasteiger partial charge in [-0.1, -0.05) is 11.2 Å². The molecular formula is C14H15N3O2S. The molecule has 20 heavy (non-hydrogen) atoms. The van der Waals surface area contributed by atoms with E-state index in [0.717, 1.165) is 11.1 Å². The Morgan fingerprint density at radius 3 is 2.75 bits per heavy atom. The van der Waals surface area contributed by atoms with Crippen molar-refractivity contribution in [1.82, 2.24) is 4.98 Å². The Bertz CT molecular complexity index is 677. The fourth-order valence-corrected chi connectivity index (χ4v) is 2.35. The van der Waals surface area contributed by atoms with Gasteiger partial charge >= 0.3 is 0 Å². The summed E-state index contributed by atoms with van der Waals surface area (Å²) >= 11 is 1.29. The van der Waals surface area contributed by atoms with Crippen LogP contribution in [0.3, 0.4) is 0 Å². The van der Waals surface area contributed by atoms with E-state index in [1.54, 1.807) is 18.4 Å². The first kappa shape index (κ1) is 14.2. The van der Waals surface area contributed by atoms with Crippen LogP contribution in [0.25, 0.3) is 0 Å². The molecule has 2 N–H and O–H groups in total. The summed E-state index contributed by atoms with van der Waals surface area (Å²) in [6, 6.07) is 5.55. The molecule has 0 radical (unpaired) electrons. The van der Waals surface area contributed by atoms with Crippen LogP contribution >= 0.6 is 11.3 Å². The lowest BCUT2D eigenvalue weighted by molar-refractivity contribution is 0.102. The fourth-order valence-electron chi connectivity index (χ4n) is 1.60. The number of nitrogens with one attached hydrogen (secondary N) is 1. The minimum absolute atomic E-state index is 0.201. The lowest BCUT2D eigenvalue weighted by atomic mass is 10.1. The Labute approximate surface area is 121 Å². The number of nitrogens with zero attached hydrogens (tertiary/aromatic N) is 2. The van der Waals surface area contributed by atoms with Gasteiger partial charge in [0.2, 0.25) is 0 Å². The van der Waals surface area contributed by atoms with Gasteiger partial charge in [-0.2, -0.15) is 0 Å². The van der Waals surface area contributed by atoms with Crippen molar-refractivity contribution in [3.8, 4) is 0 Å². The van der Waals surface area contributed by atoms with E-state index in [0.29, 0.717) is 22.1 Å². The first-order valence-corrected chi connectivity index (χ1v) is 6.92. The summed E-state index contributed by atoms with van der Waals surface area (Å²) in [5.41, 5.74) is 3.77. The van der Waals surface area contributed by atoms with Crippen LogP contribution in [0.5, 0.6) is 0 Å². The van der Waals surface area contributed by atoms with E-state index in [1.807, 2.05) is 26.0 Å². The number of thiazole rings is 1. The molecule has 2 rings (SSSR count). The first-order chi connectivity index (χ1) is 9.51. The standard InChI is InChI=1S/C14H15N3O2S/c1-8-4-5-11(6-9(8)2)13(18)16-14-15-12(7-20-14)10(3)17-19/h4-7,19H,1-3H3,(H,15,16,18). The predicted octanol–water partition coefficient (Wildman–Crippen LogP) is 3.21. The van der Waals surface area contributed by atoms with Gasteiger partial charge in [0.1, 0.15) is 11.4 Å². The SMILES string of the molecule is CC(=NO)c1csc(NC(=O)c2ccc(C)c(C)c2)n1.